The van der Waals surface area contributed by atoms with Crippen LogP contribution in [0.25, 0.3) is 21.5 Å². The van der Waals surface area contributed by atoms with Crippen LogP contribution in [0.15, 0.2) is 70.4 Å². The van der Waals surface area contributed by atoms with Gasteiger partial charge in [-0.2, -0.15) is 0 Å². The second-order valence-corrected chi connectivity index (χ2v) is 19.7. The fourth-order valence-electron chi connectivity index (χ4n) is 6.26. The summed E-state index contributed by atoms with van der Waals surface area (Å²) in [6.45, 7) is 18.2. The van der Waals surface area contributed by atoms with Gasteiger partial charge in [0.15, 0.2) is 8.32 Å². The quantitative estimate of drug-likeness (QED) is 0.0795. The zero-order valence-electron chi connectivity index (χ0n) is 31.1. The van der Waals surface area contributed by atoms with Crippen molar-refractivity contribution in [2.24, 2.45) is 5.73 Å². The summed E-state index contributed by atoms with van der Waals surface area (Å²) in [6, 6.07) is 19.3. The average Bonchev–Trinajstić information content (AvgIpc) is 3.48. The highest BCUT2D eigenvalue weighted by Gasteiger charge is 2.45. The fraction of sp³-hybridized carbons (Fsp3) is 0.538. The normalized spacial score (nSPS) is 18.4. The lowest BCUT2D eigenvalue weighted by atomic mass is 9.96. The van der Waals surface area contributed by atoms with Gasteiger partial charge in [-0.1, -0.05) is 69.3 Å². The highest BCUT2D eigenvalue weighted by molar-refractivity contribution is 6.74. The third-order valence-corrected chi connectivity index (χ3v) is 14.7. The first-order chi connectivity index (χ1) is 24.4. The standard InChI is InChI=1S/C39H56N4O7Si/c1-28-25-43(38(45)41-37(28)44)36-24-34(50-51(5,6)39(2,3)4)35(49-36)27-48-20-17-42(16-19-47-22-21-46-18-15-40)26-33-31-13-9-7-11-29(31)23-30-12-8-10-14-32(30)33/h7-14,23,25,34-36H,15-22,24,26-27,40H2,1-6H3,(H,41,44,45)/t34-,35+,36+/m0/s1. The van der Waals surface area contributed by atoms with Gasteiger partial charge in [-0.15, -0.1) is 0 Å². The molecule has 0 spiro atoms. The Bertz CT molecular complexity index is 1800. The van der Waals surface area contributed by atoms with Crippen molar-refractivity contribution in [3.63, 3.8) is 0 Å². The van der Waals surface area contributed by atoms with E-state index in [4.69, 9.17) is 29.1 Å². The summed E-state index contributed by atoms with van der Waals surface area (Å²) in [5, 5.41) is 4.90. The summed E-state index contributed by atoms with van der Waals surface area (Å²) in [5.41, 5.74) is 6.38. The summed E-state index contributed by atoms with van der Waals surface area (Å²) >= 11 is 0. The van der Waals surface area contributed by atoms with E-state index in [1.807, 2.05) is 0 Å². The van der Waals surface area contributed by atoms with E-state index in [1.54, 1.807) is 13.1 Å². The van der Waals surface area contributed by atoms with E-state index in [0.29, 0.717) is 71.3 Å². The molecule has 4 aromatic rings. The van der Waals surface area contributed by atoms with Crippen LogP contribution in [0.4, 0.5) is 0 Å². The molecule has 0 amide bonds. The second-order valence-electron chi connectivity index (χ2n) is 14.9. The molecule has 1 aliphatic rings. The molecule has 3 aromatic carbocycles. The van der Waals surface area contributed by atoms with Crippen LogP contribution in [0.2, 0.25) is 18.1 Å². The van der Waals surface area contributed by atoms with E-state index in [2.05, 4.69) is 98.3 Å². The fourth-order valence-corrected chi connectivity index (χ4v) is 7.62. The van der Waals surface area contributed by atoms with E-state index in [1.165, 1.54) is 31.7 Å². The summed E-state index contributed by atoms with van der Waals surface area (Å²) in [6.07, 6.45) is 0.843. The van der Waals surface area contributed by atoms with Crippen molar-refractivity contribution in [1.82, 2.24) is 14.5 Å². The molecular weight excluding hydrogens is 665 g/mol. The van der Waals surface area contributed by atoms with Crippen LogP contribution in [0.5, 0.6) is 0 Å². The van der Waals surface area contributed by atoms with Crippen molar-refractivity contribution in [3.8, 4) is 0 Å². The van der Waals surface area contributed by atoms with E-state index < -0.39 is 25.8 Å². The molecule has 3 N–H and O–H groups in total. The maximum absolute atomic E-state index is 12.8. The van der Waals surface area contributed by atoms with Crippen molar-refractivity contribution in [1.29, 1.82) is 0 Å². The number of hydrogen-bond donors (Lipinski definition) is 2. The molecule has 1 aromatic heterocycles. The Morgan fingerprint density at radius 3 is 2.16 bits per heavy atom. The smallest absolute Gasteiger partial charge is 0.330 e. The zero-order valence-corrected chi connectivity index (χ0v) is 32.1. The number of hydrogen-bond acceptors (Lipinski definition) is 9. The topological polar surface area (TPSA) is 130 Å². The molecule has 0 aliphatic carbocycles. The number of aromatic nitrogens is 2. The summed E-state index contributed by atoms with van der Waals surface area (Å²) in [4.78, 5) is 29.7. The van der Waals surface area contributed by atoms with Crippen LogP contribution in [0.1, 0.15) is 44.5 Å². The van der Waals surface area contributed by atoms with Gasteiger partial charge in [-0.05, 0) is 58.2 Å². The number of rotatable bonds is 18. The first kappa shape index (κ1) is 39.0. The average molecular weight is 721 g/mol. The number of aryl methyl sites for hydroxylation is 1. The Morgan fingerprint density at radius 1 is 0.922 bits per heavy atom. The van der Waals surface area contributed by atoms with Gasteiger partial charge in [0.05, 0.1) is 45.7 Å². The van der Waals surface area contributed by atoms with Crippen molar-refractivity contribution >= 4 is 29.9 Å². The van der Waals surface area contributed by atoms with Crippen LogP contribution in [-0.4, -0.2) is 94.3 Å². The Morgan fingerprint density at radius 2 is 1.53 bits per heavy atom. The molecule has 12 heteroatoms. The Labute approximate surface area is 302 Å². The molecule has 51 heavy (non-hydrogen) atoms. The van der Waals surface area contributed by atoms with E-state index >= 15 is 0 Å². The molecule has 0 radical (unpaired) electrons. The molecule has 0 unspecified atom stereocenters. The largest absolute Gasteiger partial charge is 0.411 e. The molecule has 11 nitrogen and oxygen atoms in total. The van der Waals surface area contributed by atoms with E-state index in [-0.39, 0.29) is 17.2 Å². The molecule has 3 atom stereocenters. The predicted octanol–water partition coefficient (Wildman–Crippen LogP) is 5.34. The van der Waals surface area contributed by atoms with Crippen LogP contribution < -0.4 is 17.0 Å². The van der Waals surface area contributed by atoms with Gasteiger partial charge in [-0.3, -0.25) is 19.2 Å². The SMILES string of the molecule is Cc1cn([C@H]2C[C@H](O[Si](C)(C)C(C)(C)C)[C@@H](COCCN(CCOCCOCCN)Cc3c4ccccc4cc4ccccc34)O2)c(=O)[nH]c1=O. The molecule has 0 saturated carbocycles. The first-order valence-corrected chi connectivity index (χ1v) is 21.0. The highest BCUT2D eigenvalue weighted by atomic mass is 28.4. The van der Waals surface area contributed by atoms with Crippen LogP contribution in [0.3, 0.4) is 0 Å². The van der Waals surface area contributed by atoms with Crippen LogP contribution >= 0.6 is 0 Å². The van der Waals surface area contributed by atoms with Gasteiger partial charge in [-0.25, -0.2) is 4.79 Å². The summed E-state index contributed by atoms with van der Waals surface area (Å²) in [5.74, 6) is 0. The number of benzene rings is 3. The maximum atomic E-state index is 12.8. The lowest BCUT2D eigenvalue weighted by Gasteiger charge is -2.39. The molecule has 1 aliphatic heterocycles. The minimum Gasteiger partial charge on any atom is -0.411 e. The molecule has 1 saturated heterocycles. The highest BCUT2D eigenvalue weighted by Crippen LogP contribution is 2.41. The predicted molar refractivity (Wildman–Crippen MR) is 205 cm³/mol. The summed E-state index contributed by atoms with van der Waals surface area (Å²) < 4.78 is 32.6. The molecule has 5 rings (SSSR count). The third kappa shape index (κ3) is 10.0. The third-order valence-electron chi connectivity index (χ3n) is 10.2. The number of nitrogens with one attached hydrogen (secondary N) is 1. The monoisotopic (exact) mass is 720 g/mol. The minimum absolute atomic E-state index is 0.00714. The number of nitrogens with zero attached hydrogens (tertiary/aromatic N) is 2. The zero-order chi connectivity index (χ0) is 36.6. The van der Waals surface area contributed by atoms with Gasteiger partial charge < -0.3 is 29.1 Å². The molecule has 0 bridgehead atoms. The lowest BCUT2D eigenvalue weighted by Crippen LogP contribution is -2.46. The molecule has 1 fully saturated rings. The van der Waals surface area contributed by atoms with Gasteiger partial charge in [0.2, 0.25) is 0 Å². The Balaban J connectivity index is 1.30. The number of aromatic amines is 1. The summed E-state index contributed by atoms with van der Waals surface area (Å²) in [7, 11) is -2.18. The van der Waals surface area contributed by atoms with Gasteiger partial charge in [0.25, 0.3) is 5.56 Å². The number of fused-ring (bicyclic) bond motifs is 2. The van der Waals surface area contributed by atoms with Crippen molar-refractivity contribution in [3.05, 3.63) is 92.8 Å². The van der Waals surface area contributed by atoms with Gasteiger partial charge in [0, 0.05) is 44.4 Å². The number of H-pyrrole nitrogens is 1. The van der Waals surface area contributed by atoms with E-state index in [9.17, 15) is 9.59 Å². The van der Waals surface area contributed by atoms with Crippen LogP contribution in [-0.2, 0) is 29.9 Å². The van der Waals surface area contributed by atoms with Crippen molar-refractivity contribution in [2.45, 2.75) is 77.2 Å². The minimum atomic E-state index is -2.18. The Kier molecular flexibility index (Phi) is 13.4. The van der Waals surface area contributed by atoms with Gasteiger partial charge in [0.1, 0.15) is 12.3 Å². The molecule has 278 valence electrons. The first-order valence-electron chi connectivity index (χ1n) is 18.1. The van der Waals surface area contributed by atoms with Crippen LogP contribution in [0, 0.1) is 6.92 Å². The maximum Gasteiger partial charge on any atom is 0.330 e. The number of nitrogens with two attached hydrogens (primary N) is 1. The lowest BCUT2D eigenvalue weighted by molar-refractivity contribution is -0.0641. The Hall–Kier alpha value is -3.20. The van der Waals surface area contributed by atoms with Crippen molar-refractivity contribution < 1.29 is 23.4 Å². The van der Waals surface area contributed by atoms with E-state index in [0.717, 1.165) is 6.54 Å². The van der Waals surface area contributed by atoms with Crippen molar-refractivity contribution in [2.75, 3.05) is 59.3 Å². The number of ether oxygens (including phenoxy) is 4. The molecule has 2 heterocycles. The second kappa shape index (κ2) is 17.5. The van der Waals surface area contributed by atoms with Gasteiger partial charge >= 0.3 is 5.69 Å². The molecular formula is C39H56N4O7Si.